The van der Waals surface area contributed by atoms with Crippen molar-refractivity contribution in [2.45, 2.75) is 33.2 Å². The minimum absolute atomic E-state index is 0.360. The Morgan fingerprint density at radius 2 is 1.91 bits per heavy atom. The minimum atomic E-state index is -0.360. The predicted octanol–water partition coefficient (Wildman–Crippen LogP) is 5.39. The van der Waals surface area contributed by atoms with E-state index in [1.165, 1.54) is 0 Å². The van der Waals surface area contributed by atoms with E-state index in [0.717, 1.165) is 29.0 Å². The summed E-state index contributed by atoms with van der Waals surface area (Å²) in [6, 6.07) is 11.7. The first-order chi connectivity index (χ1) is 16.3. The third-order valence-electron chi connectivity index (χ3n) is 5.04. The second kappa shape index (κ2) is 11.4. The standard InChI is InChI=1S/C25H33N5O3S/c1-7-34-29(5)20-10-8-18(9-11-20)23-21(17-31)24(30(28-23)25(2,3)4)27-19-12-13-26-22(16-19)33-15-14-32-6/h8-13,16-17H,7,14-15H2,1-6H3,(H,26,27). The quantitative estimate of drug-likeness (QED) is 0.221. The molecule has 8 nitrogen and oxygen atoms in total. The number of nitrogens with one attached hydrogen (secondary N) is 1. The van der Waals surface area contributed by atoms with Gasteiger partial charge in [0, 0.05) is 49.1 Å². The fraction of sp³-hybridized carbons (Fsp3) is 0.400. The first-order valence-corrected chi connectivity index (χ1v) is 12.1. The molecule has 2 heterocycles. The first kappa shape index (κ1) is 25.6. The topological polar surface area (TPSA) is 81.5 Å². The van der Waals surface area contributed by atoms with Gasteiger partial charge in [-0.1, -0.05) is 31.0 Å². The molecule has 182 valence electrons. The van der Waals surface area contributed by atoms with E-state index >= 15 is 0 Å². The van der Waals surface area contributed by atoms with E-state index in [1.807, 2.05) is 42.1 Å². The smallest absolute Gasteiger partial charge is 0.215 e. The van der Waals surface area contributed by atoms with Crippen molar-refractivity contribution in [2.24, 2.45) is 0 Å². The molecule has 0 bridgehead atoms. The van der Waals surface area contributed by atoms with Gasteiger partial charge in [0.05, 0.1) is 17.7 Å². The van der Waals surface area contributed by atoms with Crippen molar-refractivity contribution in [1.29, 1.82) is 0 Å². The van der Waals surface area contributed by atoms with Gasteiger partial charge in [0.2, 0.25) is 5.88 Å². The van der Waals surface area contributed by atoms with E-state index in [-0.39, 0.29) is 5.54 Å². The van der Waals surface area contributed by atoms with Gasteiger partial charge in [-0.3, -0.25) is 4.79 Å². The number of methoxy groups -OCH3 is 1. The summed E-state index contributed by atoms with van der Waals surface area (Å²) in [5, 5.41) is 8.23. The van der Waals surface area contributed by atoms with Crippen LogP contribution in [0.2, 0.25) is 0 Å². The van der Waals surface area contributed by atoms with Gasteiger partial charge in [-0.2, -0.15) is 5.10 Å². The van der Waals surface area contributed by atoms with E-state index in [1.54, 1.807) is 31.3 Å². The summed E-state index contributed by atoms with van der Waals surface area (Å²) in [6.45, 7) is 9.15. The van der Waals surface area contributed by atoms with Crippen molar-refractivity contribution in [3.63, 3.8) is 0 Å². The molecule has 0 fully saturated rings. The van der Waals surface area contributed by atoms with Gasteiger partial charge in [0.25, 0.3) is 0 Å². The van der Waals surface area contributed by atoms with Crippen molar-refractivity contribution < 1.29 is 14.3 Å². The lowest BCUT2D eigenvalue weighted by Gasteiger charge is -2.23. The molecule has 0 radical (unpaired) electrons. The molecule has 3 rings (SSSR count). The number of hydrogen-bond acceptors (Lipinski definition) is 8. The molecule has 1 N–H and O–H groups in total. The number of benzene rings is 1. The van der Waals surface area contributed by atoms with E-state index in [0.29, 0.717) is 36.2 Å². The Hall–Kier alpha value is -3.04. The van der Waals surface area contributed by atoms with Crippen molar-refractivity contribution in [1.82, 2.24) is 14.8 Å². The van der Waals surface area contributed by atoms with Crippen LogP contribution in [0.5, 0.6) is 5.88 Å². The van der Waals surface area contributed by atoms with Crippen LogP contribution < -0.4 is 14.4 Å². The molecule has 0 amide bonds. The molecule has 0 aliphatic rings. The Balaban J connectivity index is 1.98. The van der Waals surface area contributed by atoms with Gasteiger partial charge in [-0.05, 0) is 39.0 Å². The van der Waals surface area contributed by atoms with Crippen LogP contribution >= 0.6 is 11.9 Å². The molecule has 0 aliphatic carbocycles. The van der Waals surface area contributed by atoms with E-state index in [4.69, 9.17) is 14.6 Å². The monoisotopic (exact) mass is 483 g/mol. The molecule has 0 aliphatic heterocycles. The highest BCUT2D eigenvalue weighted by molar-refractivity contribution is 8.00. The zero-order valence-corrected chi connectivity index (χ0v) is 21.5. The average molecular weight is 484 g/mol. The van der Waals surface area contributed by atoms with Crippen LogP contribution in [0, 0.1) is 0 Å². The number of rotatable bonds is 11. The maximum absolute atomic E-state index is 12.3. The number of pyridine rings is 1. The highest BCUT2D eigenvalue weighted by Gasteiger charge is 2.26. The Morgan fingerprint density at radius 3 is 2.53 bits per heavy atom. The second-order valence-corrected chi connectivity index (χ2v) is 10.0. The predicted molar refractivity (Wildman–Crippen MR) is 139 cm³/mol. The molecule has 0 spiro atoms. The fourth-order valence-corrected chi connectivity index (χ4v) is 4.05. The zero-order chi connectivity index (χ0) is 24.7. The van der Waals surface area contributed by atoms with Crippen molar-refractivity contribution in [3.8, 4) is 17.1 Å². The molecule has 1 aromatic carbocycles. The first-order valence-electron chi connectivity index (χ1n) is 11.2. The molecule has 34 heavy (non-hydrogen) atoms. The fourth-order valence-electron chi connectivity index (χ4n) is 3.39. The maximum atomic E-state index is 12.3. The van der Waals surface area contributed by atoms with Crippen LogP contribution in [-0.4, -0.2) is 54.2 Å². The molecule has 0 atom stereocenters. The van der Waals surface area contributed by atoms with Crippen LogP contribution in [0.4, 0.5) is 17.2 Å². The third kappa shape index (κ3) is 6.09. The number of ether oxygens (including phenoxy) is 2. The number of carbonyl (C=O) groups is 1. The highest BCUT2D eigenvalue weighted by Crippen LogP contribution is 2.35. The average Bonchev–Trinajstić information content (AvgIpc) is 3.18. The van der Waals surface area contributed by atoms with Crippen LogP contribution in [0.1, 0.15) is 38.1 Å². The largest absolute Gasteiger partial charge is 0.475 e. The molecular weight excluding hydrogens is 450 g/mol. The second-order valence-electron chi connectivity index (χ2n) is 8.62. The van der Waals surface area contributed by atoms with Gasteiger partial charge in [-0.15, -0.1) is 0 Å². The molecule has 9 heteroatoms. The van der Waals surface area contributed by atoms with Crippen molar-refractivity contribution in [3.05, 3.63) is 48.2 Å². The van der Waals surface area contributed by atoms with Crippen LogP contribution in [-0.2, 0) is 10.3 Å². The SMILES string of the molecule is CCSN(C)c1ccc(-c2nn(C(C)(C)C)c(Nc3ccnc(OCCOC)c3)c2C=O)cc1. The Morgan fingerprint density at radius 1 is 1.18 bits per heavy atom. The summed E-state index contributed by atoms with van der Waals surface area (Å²) in [6.07, 6.45) is 2.52. The summed E-state index contributed by atoms with van der Waals surface area (Å²) in [5.74, 6) is 2.09. The normalized spacial score (nSPS) is 11.4. The molecule has 0 saturated heterocycles. The van der Waals surface area contributed by atoms with E-state index in [9.17, 15) is 4.79 Å². The number of nitrogens with zero attached hydrogens (tertiary/aromatic N) is 4. The molecule has 3 aromatic rings. The number of aromatic nitrogens is 3. The van der Waals surface area contributed by atoms with E-state index < -0.39 is 0 Å². The van der Waals surface area contributed by atoms with Crippen molar-refractivity contribution in [2.75, 3.05) is 42.7 Å². The number of hydrogen-bond donors (Lipinski definition) is 1. The lowest BCUT2D eigenvalue weighted by molar-refractivity contribution is 0.112. The Bertz CT molecular complexity index is 1090. The lowest BCUT2D eigenvalue weighted by atomic mass is 10.1. The summed E-state index contributed by atoms with van der Waals surface area (Å²) in [5.41, 5.74) is 3.49. The number of anilines is 3. The van der Waals surface area contributed by atoms with Gasteiger partial charge in [0.15, 0.2) is 6.29 Å². The van der Waals surface area contributed by atoms with Crippen molar-refractivity contribution >= 4 is 35.4 Å². The summed E-state index contributed by atoms with van der Waals surface area (Å²) in [7, 11) is 3.66. The summed E-state index contributed by atoms with van der Waals surface area (Å²) < 4.78 is 14.6. The molecule has 2 aromatic heterocycles. The lowest BCUT2D eigenvalue weighted by Crippen LogP contribution is -2.24. The maximum Gasteiger partial charge on any atom is 0.215 e. The molecule has 0 saturated carbocycles. The highest BCUT2D eigenvalue weighted by atomic mass is 32.2. The van der Waals surface area contributed by atoms with Crippen LogP contribution in [0.25, 0.3) is 11.3 Å². The van der Waals surface area contributed by atoms with Gasteiger partial charge in [-0.25, -0.2) is 9.67 Å². The Labute approximate surface area is 205 Å². The van der Waals surface area contributed by atoms with Gasteiger partial charge < -0.3 is 19.1 Å². The van der Waals surface area contributed by atoms with Crippen LogP contribution in [0.3, 0.4) is 0 Å². The third-order valence-corrected chi connectivity index (χ3v) is 5.89. The number of carbonyl (C=O) groups excluding carboxylic acids is 1. The summed E-state index contributed by atoms with van der Waals surface area (Å²) >= 11 is 1.74. The Kier molecular flexibility index (Phi) is 8.57. The minimum Gasteiger partial charge on any atom is -0.475 e. The van der Waals surface area contributed by atoms with Crippen LogP contribution in [0.15, 0.2) is 42.6 Å². The summed E-state index contributed by atoms with van der Waals surface area (Å²) in [4.78, 5) is 16.5. The van der Waals surface area contributed by atoms with Gasteiger partial charge >= 0.3 is 0 Å². The number of aldehydes is 1. The van der Waals surface area contributed by atoms with E-state index in [2.05, 4.69) is 42.3 Å². The molecule has 0 unspecified atom stereocenters. The van der Waals surface area contributed by atoms with Gasteiger partial charge in [0.1, 0.15) is 18.1 Å². The molecular formula is C25H33N5O3S. The zero-order valence-electron chi connectivity index (χ0n) is 20.7.